The van der Waals surface area contributed by atoms with Crippen LogP contribution in [0.4, 0.5) is 0 Å². The lowest BCUT2D eigenvalue weighted by molar-refractivity contribution is 0.524. The standard InChI is InChI=1S/C16H26BrN2O3PS2/c1-4-6-7-13-24-23(20,18-12-5-2)19(3)25(21,22)14-15-8-10-16(17)11-9-15/h5,8-11H,2,4,6-7,12-14H2,1,3H3,(H,18,20). The van der Waals surface area contributed by atoms with Gasteiger partial charge >= 0.3 is 0 Å². The van der Waals surface area contributed by atoms with Crippen molar-refractivity contribution in [3.8, 4) is 0 Å². The van der Waals surface area contributed by atoms with E-state index in [0.717, 1.165) is 27.8 Å². The Morgan fingerprint density at radius 1 is 1.32 bits per heavy atom. The number of hydrogen-bond donors (Lipinski definition) is 1. The average Bonchev–Trinajstić information content (AvgIpc) is 2.58. The third-order valence-electron chi connectivity index (χ3n) is 3.49. The van der Waals surface area contributed by atoms with Gasteiger partial charge in [-0.2, -0.15) is 0 Å². The van der Waals surface area contributed by atoms with Crippen molar-refractivity contribution in [2.45, 2.75) is 31.9 Å². The van der Waals surface area contributed by atoms with Crippen LogP contribution < -0.4 is 5.09 Å². The molecule has 0 amide bonds. The van der Waals surface area contributed by atoms with Gasteiger partial charge in [-0.05, 0) is 24.1 Å². The molecule has 9 heteroatoms. The first-order valence-corrected chi connectivity index (χ1v) is 13.7. The Morgan fingerprint density at radius 2 is 1.96 bits per heavy atom. The van der Waals surface area contributed by atoms with E-state index in [2.05, 4.69) is 34.5 Å². The molecule has 0 aliphatic carbocycles. The molecule has 5 nitrogen and oxygen atoms in total. The summed E-state index contributed by atoms with van der Waals surface area (Å²) in [6, 6.07) is 7.07. The van der Waals surface area contributed by atoms with Gasteiger partial charge in [0.05, 0.1) is 5.75 Å². The number of nitrogens with one attached hydrogen (secondary N) is 1. The number of halogens is 1. The normalized spacial score (nSPS) is 14.4. The van der Waals surface area contributed by atoms with Gasteiger partial charge in [0.25, 0.3) is 6.65 Å². The number of hydrogen-bond acceptors (Lipinski definition) is 4. The molecule has 1 rings (SSSR count). The minimum atomic E-state index is -3.72. The molecule has 0 aromatic heterocycles. The van der Waals surface area contributed by atoms with Crippen molar-refractivity contribution in [3.05, 3.63) is 47.0 Å². The van der Waals surface area contributed by atoms with Crippen molar-refractivity contribution in [2.75, 3.05) is 19.3 Å². The fraction of sp³-hybridized carbons (Fsp3) is 0.500. The molecule has 1 aromatic rings. The van der Waals surface area contributed by atoms with Crippen LogP contribution >= 0.6 is 34.0 Å². The monoisotopic (exact) mass is 468 g/mol. The van der Waals surface area contributed by atoms with Crippen LogP contribution in [0.15, 0.2) is 41.4 Å². The average molecular weight is 469 g/mol. The molecule has 1 atom stereocenters. The summed E-state index contributed by atoms with van der Waals surface area (Å²) < 4.78 is 40.7. The Labute approximate surface area is 164 Å². The maximum absolute atomic E-state index is 13.3. The molecule has 0 saturated heterocycles. The van der Waals surface area contributed by atoms with E-state index in [4.69, 9.17) is 0 Å². The fourth-order valence-electron chi connectivity index (χ4n) is 2.00. The van der Waals surface area contributed by atoms with Crippen molar-refractivity contribution in [1.82, 2.24) is 9.16 Å². The Kier molecular flexibility index (Phi) is 10.00. The highest BCUT2D eigenvalue weighted by Crippen LogP contribution is 2.58. The number of nitrogens with zero attached hydrogens (tertiary/aromatic N) is 1. The summed E-state index contributed by atoms with van der Waals surface area (Å²) in [6.07, 6.45) is 4.57. The number of sulfonamides is 1. The lowest BCUT2D eigenvalue weighted by Crippen LogP contribution is -2.30. The second kappa shape index (κ2) is 10.9. The van der Waals surface area contributed by atoms with E-state index in [1.54, 1.807) is 30.3 Å². The van der Waals surface area contributed by atoms with Gasteiger partial charge in [0.15, 0.2) is 0 Å². The van der Waals surface area contributed by atoms with Gasteiger partial charge in [0.2, 0.25) is 10.0 Å². The van der Waals surface area contributed by atoms with E-state index in [0.29, 0.717) is 11.3 Å². The predicted molar refractivity (Wildman–Crippen MR) is 112 cm³/mol. The number of benzene rings is 1. The summed E-state index contributed by atoms with van der Waals surface area (Å²) in [4.78, 5) is 0. The molecule has 0 aliphatic heterocycles. The predicted octanol–water partition coefficient (Wildman–Crippen LogP) is 5.02. The largest absolute Gasteiger partial charge is 0.282 e. The van der Waals surface area contributed by atoms with Crippen molar-refractivity contribution in [3.63, 3.8) is 0 Å². The smallest absolute Gasteiger partial charge is 0.276 e. The van der Waals surface area contributed by atoms with Crippen LogP contribution in [-0.2, 0) is 20.3 Å². The first-order chi connectivity index (χ1) is 11.7. The van der Waals surface area contributed by atoms with Gasteiger partial charge in [-0.15, -0.1) is 10.7 Å². The summed E-state index contributed by atoms with van der Waals surface area (Å²) in [5.41, 5.74) is 0.654. The molecule has 1 aromatic carbocycles. The quantitative estimate of drug-likeness (QED) is 0.265. The Balaban J connectivity index is 2.92. The molecule has 0 heterocycles. The van der Waals surface area contributed by atoms with Crippen molar-refractivity contribution in [1.29, 1.82) is 0 Å². The zero-order chi connectivity index (χ0) is 18.9. The highest BCUT2D eigenvalue weighted by Gasteiger charge is 2.36. The van der Waals surface area contributed by atoms with E-state index in [1.165, 1.54) is 18.4 Å². The van der Waals surface area contributed by atoms with Crippen LogP contribution in [0.3, 0.4) is 0 Å². The topological polar surface area (TPSA) is 66.5 Å². The third kappa shape index (κ3) is 7.57. The Bertz CT molecular complexity index is 696. The molecular formula is C16H26BrN2O3PS2. The molecule has 0 fully saturated rings. The van der Waals surface area contributed by atoms with Crippen molar-refractivity contribution in [2.24, 2.45) is 0 Å². The molecule has 0 aliphatic rings. The van der Waals surface area contributed by atoms with Crippen LogP contribution in [0.25, 0.3) is 0 Å². The van der Waals surface area contributed by atoms with Crippen LogP contribution in [0.1, 0.15) is 31.7 Å². The van der Waals surface area contributed by atoms with Gasteiger partial charge in [0.1, 0.15) is 0 Å². The van der Waals surface area contributed by atoms with Crippen LogP contribution in [0.2, 0.25) is 0 Å². The van der Waals surface area contributed by atoms with E-state index in [-0.39, 0.29) is 12.3 Å². The van der Waals surface area contributed by atoms with Gasteiger partial charge in [-0.25, -0.2) is 13.5 Å². The maximum atomic E-state index is 13.3. The maximum Gasteiger partial charge on any atom is 0.282 e. The molecule has 142 valence electrons. The minimum absolute atomic E-state index is 0.188. The van der Waals surface area contributed by atoms with Gasteiger partial charge in [-0.1, -0.05) is 65.3 Å². The highest BCUT2D eigenvalue weighted by molar-refractivity contribution is 9.10. The zero-order valence-electron chi connectivity index (χ0n) is 14.7. The Hall–Kier alpha value is -0.110. The molecule has 0 saturated carbocycles. The van der Waals surface area contributed by atoms with E-state index in [9.17, 15) is 13.0 Å². The highest BCUT2D eigenvalue weighted by atomic mass is 79.9. The van der Waals surface area contributed by atoms with E-state index in [1.807, 2.05) is 0 Å². The molecule has 0 spiro atoms. The van der Waals surface area contributed by atoms with Crippen LogP contribution in [0, 0.1) is 0 Å². The number of unbranched alkanes of at least 4 members (excludes halogenated alkanes) is 2. The SMILES string of the molecule is C=CCNP(=O)(SCCCCC)N(C)S(=O)(=O)Cc1ccc(Br)cc1. The number of rotatable bonds is 12. The van der Waals surface area contributed by atoms with Crippen molar-refractivity contribution < 1.29 is 13.0 Å². The first kappa shape index (κ1) is 22.9. The molecule has 25 heavy (non-hydrogen) atoms. The third-order valence-corrected chi connectivity index (χ3v) is 12.1. The lowest BCUT2D eigenvalue weighted by Gasteiger charge is -2.27. The van der Waals surface area contributed by atoms with Gasteiger partial charge in [0, 0.05) is 23.8 Å². The fourth-order valence-corrected chi connectivity index (χ4v) is 9.56. The molecule has 1 N–H and O–H groups in total. The molecule has 0 bridgehead atoms. The van der Waals surface area contributed by atoms with Gasteiger partial charge in [-0.3, -0.25) is 4.57 Å². The molecular weight excluding hydrogens is 443 g/mol. The molecule has 0 radical (unpaired) electrons. The summed E-state index contributed by atoms with van der Waals surface area (Å²) in [6.45, 7) is 2.68. The van der Waals surface area contributed by atoms with Crippen LogP contribution in [0.5, 0.6) is 0 Å². The second-order valence-electron chi connectivity index (χ2n) is 5.53. The summed E-state index contributed by atoms with van der Waals surface area (Å²) in [7, 11) is -2.33. The minimum Gasteiger partial charge on any atom is -0.276 e. The zero-order valence-corrected chi connectivity index (χ0v) is 18.8. The lowest BCUT2D eigenvalue weighted by atomic mass is 10.2. The van der Waals surface area contributed by atoms with E-state index < -0.39 is 16.7 Å². The van der Waals surface area contributed by atoms with Crippen LogP contribution in [-0.4, -0.2) is 31.8 Å². The second-order valence-corrected chi connectivity index (χ2v) is 13.6. The molecule has 1 unspecified atom stereocenters. The summed E-state index contributed by atoms with van der Waals surface area (Å²) in [5, 5.41) is 2.86. The first-order valence-electron chi connectivity index (χ1n) is 8.07. The summed E-state index contributed by atoms with van der Waals surface area (Å²) >= 11 is 4.52. The summed E-state index contributed by atoms with van der Waals surface area (Å²) in [5.74, 6) is 0.458. The van der Waals surface area contributed by atoms with Crippen molar-refractivity contribution >= 4 is 44.0 Å². The van der Waals surface area contributed by atoms with Gasteiger partial charge < -0.3 is 0 Å². The van der Waals surface area contributed by atoms with E-state index >= 15 is 0 Å². The Morgan fingerprint density at radius 3 is 2.52 bits per heavy atom.